The van der Waals surface area contributed by atoms with Gasteiger partial charge in [-0.3, -0.25) is 4.90 Å². The third kappa shape index (κ3) is 5.15. The minimum absolute atomic E-state index is 0.0131. The molecule has 0 aliphatic carbocycles. The van der Waals surface area contributed by atoms with Crippen LogP contribution in [0.15, 0.2) is 83.4 Å². The molecule has 4 heteroatoms. The van der Waals surface area contributed by atoms with Crippen molar-refractivity contribution in [1.29, 1.82) is 0 Å². The van der Waals surface area contributed by atoms with Crippen LogP contribution in [0.3, 0.4) is 0 Å². The molecule has 1 fully saturated rings. The second kappa shape index (κ2) is 9.36. The Morgan fingerprint density at radius 3 is 1.90 bits per heavy atom. The highest BCUT2D eigenvalue weighted by atomic mass is 19.1. The molecule has 3 aromatic carbocycles. The van der Waals surface area contributed by atoms with Gasteiger partial charge in [-0.05, 0) is 17.6 Å². The lowest BCUT2D eigenvalue weighted by Crippen LogP contribution is -2.42. The van der Waals surface area contributed by atoms with E-state index in [1.807, 2.05) is 60.7 Å². The molecular weight excluding hydrogens is 390 g/mol. The summed E-state index contributed by atoms with van der Waals surface area (Å²) in [5.41, 5.74) is 3.77. The Morgan fingerprint density at radius 1 is 0.903 bits per heavy atom. The zero-order valence-corrected chi connectivity index (χ0v) is 17.9. The van der Waals surface area contributed by atoms with Gasteiger partial charge >= 0.3 is 0 Å². The molecule has 2 nitrogen and oxygen atoms in total. The van der Waals surface area contributed by atoms with Crippen LogP contribution in [0.25, 0.3) is 6.08 Å². The molecule has 0 spiro atoms. The number of hydrogen-bond donors (Lipinski definition) is 0. The van der Waals surface area contributed by atoms with E-state index in [2.05, 4.69) is 23.7 Å². The van der Waals surface area contributed by atoms with E-state index in [1.165, 1.54) is 12.1 Å². The molecule has 0 amide bonds. The van der Waals surface area contributed by atoms with Crippen LogP contribution in [-0.4, -0.2) is 30.2 Å². The molecule has 0 N–H and O–H groups in total. The monoisotopic (exact) mass is 416 g/mol. The molecule has 0 saturated carbocycles. The highest BCUT2D eigenvalue weighted by Crippen LogP contribution is 2.27. The van der Waals surface area contributed by atoms with Gasteiger partial charge in [0.05, 0.1) is 11.4 Å². The summed E-state index contributed by atoms with van der Waals surface area (Å²) >= 11 is 0. The van der Waals surface area contributed by atoms with E-state index in [4.69, 9.17) is 0 Å². The van der Waals surface area contributed by atoms with Gasteiger partial charge in [-0.1, -0.05) is 74.5 Å². The van der Waals surface area contributed by atoms with Crippen LogP contribution in [0.1, 0.15) is 30.5 Å². The molecule has 4 rings (SSSR count). The fourth-order valence-corrected chi connectivity index (χ4v) is 3.86. The summed E-state index contributed by atoms with van der Waals surface area (Å²) in [6, 6.07) is 21.9. The van der Waals surface area contributed by atoms with Gasteiger partial charge in [0.25, 0.3) is 0 Å². The molecule has 0 radical (unpaired) electrons. The van der Waals surface area contributed by atoms with Crippen LogP contribution in [0.4, 0.5) is 14.5 Å². The predicted octanol–water partition coefficient (Wildman–Crippen LogP) is 6.49. The van der Waals surface area contributed by atoms with Gasteiger partial charge in [-0.2, -0.15) is 0 Å². The molecule has 0 atom stereocenters. The van der Waals surface area contributed by atoms with E-state index < -0.39 is 11.6 Å². The van der Waals surface area contributed by atoms with Crippen molar-refractivity contribution in [3.63, 3.8) is 0 Å². The van der Waals surface area contributed by atoms with Crippen LogP contribution >= 0.6 is 0 Å². The van der Waals surface area contributed by atoms with Gasteiger partial charge < -0.3 is 0 Å². The summed E-state index contributed by atoms with van der Waals surface area (Å²) in [6.45, 7) is 6.86. The summed E-state index contributed by atoms with van der Waals surface area (Å²) < 4.78 is 29.7. The summed E-state index contributed by atoms with van der Waals surface area (Å²) in [4.78, 5) is 6.90. The zero-order chi connectivity index (χ0) is 21.8. The van der Waals surface area contributed by atoms with Crippen LogP contribution in [0.2, 0.25) is 0 Å². The Bertz CT molecular complexity index is 1030. The smallest absolute Gasteiger partial charge is 0.135 e. The standard InChI is InChI=1S/C27H26F2N2/c1-19(2)16-31-17-20(18-31)13-24-25(28)14-23(15-26(24)29)30-27(21-9-5-3-6-10-21)22-11-7-4-8-12-22/h3-15,19H,16-18H2,1-2H3. The third-order valence-corrected chi connectivity index (χ3v) is 5.22. The lowest BCUT2D eigenvalue weighted by Gasteiger charge is -2.35. The summed E-state index contributed by atoms with van der Waals surface area (Å²) in [5.74, 6) is -0.598. The molecule has 31 heavy (non-hydrogen) atoms. The van der Waals surface area contributed by atoms with Crippen molar-refractivity contribution in [2.45, 2.75) is 13.8 Å². The van der Waals surface area contributed by atoms with E-state index in [-0.39, 0.29) is 11.3 Å². The fourth-order valence-electron chi connectivity index (χ4n) is 3.86. The number of hydrogen-bond acceptors (Lipinski definition) is 2. The number of rotatable bonds is 6. The quantitative estimate of drug-likeness (QED) is 0.420. The highest BCUT2D eigenvalue weighted by Gasteiger charge is 2.22. The second-order valence-electron chi connectivity index (χ2n) is 8.38. The molecule has 1 saturated heterocycles. The van der Waals surface area contributed by atoms with Crippen molar-refractivity contribution in [1.82, 2.24) is 4.90 Å². The van der Waals surface area contributed by atoms with Crippen molar-refractivity contribution in [2.75, 3.05) is 19.6 Å². The number of halogens is 2. The van der Waals surface area contributed by atoms with Crippen molar-refractivity contribution < 1.29 is 8.78 Å². The van der Waals surface area contributed by atoms with Gasteiger partial charge in [0.2, 0.25) is 0 Å². The minimum atomic E-state index is -0.589. The van der Waals surface area contributed by atoms with Crippen molar-refractivity contribution in [3.8, 4) is 0 Å². The first-order chi connectivity index (χ1) is 15.0. The minimum Gasteiger partial charge on any atom is -0.295 e. The van der Waals surface area contributed by atoms with Crippen LogP contribution in [0, 0.1) is 17.6 Å². The highest BCUT2D eigenvalue weighted by molar-refractivity contribution is 6.13. The number of nitrogens with zero attached hydrogens (tertiary/aromatic N) is 2. The van der Waals surface area contributed by atoms with Crippen LogP contribution in [-0.2, 0) is 0 Å². The van der Waals surface area contributed by atoms with Gasteiger partial charge in [0.15, 0.2) is 0 Å². The number of aliphatic imine (C=N–C) groups is 1. The molecule has 0 unspecified atom stereocenters. The lowest BCUT2D eigenvalue weighted by atomic mass is 10.0. The Morgan fingerprint density at radius 2 is 1.42 bits per heavy atom. The van der Waals surface area contributed by atoms with E-state index in [0.717, 1.165) is 36.3 Å². The van der Waals surface area contributed by atoms with Gasteiger partial charge in [0, 0.05) is 48.5 Å². The van der Waals surface area contributed by atoms with Gasteiger partial charge in [0.1, 0.15) is 11.6 Å². The van der Waals surface area contributed by atoms with Crippen molar-refractivity contribution in [2.24, 2.45) is 10.9 Å². The Labute approximate surface area is 182 Å². The molecular formula is C27H26F2N2. The molecule has 1 aliphatic rings. The van der Waals surface area contributed by atoms with Crippen LogP contribution < -0.4 is 0 Å². The average Bonchev–Trinajstić information content (AvgIpc) is 2.73. The summed E-state index contributed by atoms with van der Waals surface area (Å²) in [7, 11) is 0. The zero-order valence-electron chi connectivity index (χ0n) is 17.9. The Kier molecular flexibility index (Phi) is 6.38. The van der Waals surface area contributed by atoms with Crippen molar-refractivity contribution >= 4 is 17.5 Å². The molecule has 1 heterocycles. The maximum atomic E-state index is 14.8. The maximum absolute atomic E-state index is 14.8. The largest absolute Gasteiger partial charge is 0.295 e. The first kappa shape index (κ1) is 21.1. The van der Waals surface area contributed by atoms with Crippen LogP contribution in [0.5, 0.6) is 0 Å². The number of benzene rings is 3. The number of likely N-dealkylation sites (tertiary alicyclic amines) is 1. The molecule has 3 aromatic rings. The van der Waals surface area contributed by atoms with E-state index in [9.17, 15) is 8.78 Å². The lowest BCUT2D eigenvalue weighted by molar-refractivity contribution is 0.224. The van der Waals surface area contributed by atoms with Crippen molar-refractivity contribution in [3.05, 3.63) is 107 Å². The third-order valence-electron chi connectivity index (χ3n) is 5.22. The van der Waals surface area contributed by atoms with Gasteiger partial charge in [-0.25, -0.2) is 13.8 Å². The normalized spacial score (nSPS) is 13.8. The SMILES string of the molecule is CC(C)CN1CC(=Cc2c(F)cc(N=C(c3ccccc3)c3ccccc3)cc2F)C1. The first-order valence-corrected chi connectivity index (χ1v) is 10.6. The maximum Gasteiger partial charge on any atom is 0.135 e. The fraction of sp³-hybridized carbons (Fsp3) is 0.222. The Hall–Kier alpha value is -3.11. The molecule has 0 aromatic heterocycles. The second-order valence-corrected chi connectivity index (χ2v) is 8.38. The average molecular weight is 417 g/mol. The topological polar surface area (TPSA) is 15.6 Å². The Balaban J connectivity index is 1.64. The van der Waals surface area contributed by atoms with E-state index in [1.54, 1.807) is 6.08 Å². The van der Waals surface area contributed by atoms with E-state index in [0.29, 0.717) is 11.6 Å². The summed E-state index contributed by atoms with van der Waals surface area (Å²) in [6.07, 6.45) is 1.64. The molecule has 0 bridgehead atoms. The van der Waals surface area contributed by atoms with E-state index >= 15 is 0 Å². The summed E-state index contributed by atoms with van der Waals surface area (Å²) in [5, 5.41) is 0. The molecule has 158 valence electrons. The van der Waals surface area contributed by atoms with Gasteiger partial charge in [-0.15, -0.1) is 0 Å². The molecule has 1 aliphatic heterocycles. The predicted molar refractivity (Wildman–Crippen MR) is 124 cm³/mol. The first-order valence-electron chi connectivity index (χ1n) is 10.6.